The number of methoxy groups -OCH3 is 1. The zero-order valence-electron chi connectivity index (χ0n) is 11.4. The summed E-state index contributed by atoms with van der Waals surface area (Å²) < 4.78 is 13.2. The van der Waals surface area contributed by atoms with Gasteiger partial charge >= 0.3 is 0 Å². The summed E-state index contributed by atoms with van der Waals surface area (Å²) in [6.45, 7) is 9.15. The minimum Gasteiger partial charge on any atom is -0.493 e. The zero-order valence-corrected chi connectivity index (χ0v) is 11.4. The molecule has 1 fully saturated rings. The third-order valence-corrected chi connectivity index (χ3v) is 3.48. The molecule has 1 atom stereocenters. The van der Waals surface area contributed by atoms with E-state index < -0.39 is 0 Å². The maximum atomic E-state index is 5.75. The lowest BCUT2D eigenvalue weighted by atomic mass is 9.94. The van der Waals surface area contributed by atoms with Gasteiger partial charge < -0.3 is 9.47 Å². The van der Waals surface area contributed by atoms with Crippen LogP contribution in [0.2, 0.25) is 0 Å². The smallest absolute Gasteiger partial charge is 0.162 e. The first-order valence-corrected chi connectivity index (χ1v) is 6.18. The van der Waals surface area contributed by atoms with Crippen LogP contribution < -0.4 is 4.74 Å². The van der Waals surface area contributed by atoms with Crippen molar-refractivity contribution in [3.05, 3.63) is 11.4 Å². The maximum Gasteiger partial charge on any atom is 0.162 e. The number of ether oxygens (including phenoxy) is 2. The normalized spacial score (nSPS) is 23.7. The summed E-state index contributed by atoms with van der Waals surface area (Å²) in [5.41, 5.74) is 2.03. The van der Waals surface area contributed by atoms with Gasteiger partial charge in [-0.25, -0.2) is 0 Å². The molecule has 1 aliphatic rings. The van der Waals surface area contributed by atoms with Crippen molar-refractivity contribution < 1.29 is 9.47 Å². The Hall–Kier alpha value is -1.03. The van der Waals surface area contributed by atoms with E-state index in [2.05, 4.69) is 30.6 Å². The molecule has 1 aromatic rings. The molecule has 0 radical (unpaired) electrons. The number of aromatic nitrogens is 2. The molecule has 2 heterocycles. The van der Waals surface area contributed by atoms with E-state index in [1.54, 1.807) is 7.11 Å². The molecule has 0 N–H and O–H groups in total. The van der Waals surface area contributed by atoms with Gasteiger partial charge in [0.2, 0.25) is 0 Å². The quantitative estimate of drug-likeness (QED) is 0.794. The predicted octanol–water partition coefficient (Wildman–Crippen LogP) is 2.64. The standard InChI is InChI=1S/C13H22N2O2/c1-9-12(16-5)10(2)15(14-9)11-6-7-17-13(3,4)8-11/h11H,6-8H2,1-5H3. The van der Waals surface area contributed by atoms with Crippen molar-refractivity contribution in [1.82, 2.24) is 9.78 Å². The van der Waals surface area contributed by atoms with Gasteiger partial charge in [0.1, 0.15) is 5.69 Å². The van der Waals surface area contributed by atoms with Crippen molar-refractivity contribution in [3.8, 4) is 5.75 Å². The molecule has 0 spiro atoms. The SMILES string of the molecule is COc1c(C)nn(C2CCOC(C)(C)C2)c1C. The molecule has 1 aliphatic heterocycles. The van der Waals surface area contributed by atoms with E-state index >= 15 is 0 Å². The fourth-order valence-corrected chi connectivity index (χ4v) is 2.71. The van der Waals surface area contributed by atoms with Crippen LogP contribution in [0.4, 0.5) is 0 Å². The molecule has 1 saturated heterocycles. The molecular formula is C13H22N2O2. The van der Waals surface area contributed by atoms with E-state index in [1.807, 2.05) is 6.92 Å². The van der Waals surface area contributed by atoms with Gasteiger partial charge in [0.15, 0.2) is 5.75 Å². The third-order valence-electron chi connectivity index (χ3n) is 3.48. The Labute approximate surface area is 103 Å². The van der Waals surface area contributed by atoms with Crippen LogP contribution in [0, 0.1) is 13.8 Å². The first kappa shape index (κ1) is 12.4. The Kier molecular flexibility index (Phi) is 3.17. The Morgan fingerprint density at radius 2 is 2.12 bits per heavy atom. The molecule has 4 heteroatoms. The summed E-state index contributed by atoms with van der Waals surface area (Å²) in [6.07, 6.45) is 2.02. The van der Waals surface area contributed by atoms with Gasteiger partial charge in [-0.2, -0.15) is 5.10 Å². The summed E-state index contributed by atoms with van der Waals surface area (Å²) in [5, 5.41) is 4.61. The van der Waals surface area contributed by atoms with Crippen molar-refractivity contribution in [3.63, 3.8) is 0 Å². The van der Waals surface area contributed by atoms with E-state index in [4.69, 9.17) is 9.47 Å². The van der Waals surface area contributed by atoms with Gasteiger partial charge in [0.25, 0.3) is 0 Å². The highest BCUT2D eigenvalue weighted by Crippen LogP contribution is 2.34. The lowest BCUT2D eigenvalue weighted by Gasteiger charge is -2.36. The fourth-order valence-electron chi connectivity index (χ4n) is 2.71. The molecule has 96 valence electrons. The van der Waals surface area contributed by atoms with Crippen molar-refractivity contribution >= 4 is 0 Å². The van der Waals surface area contributed by atoms with Crippen molar-refractivity contribution in [1.29, 1.82) is 0 Å². The first-order chi connectivity index (χ1) is 7.94. The maximum absolute atomic E-state index is 5.75. The van der Waals surface area contributed by atoms with Crippen LogP contribution in [0.3, 0.4) is 0 Å². The van der Waals surface area contributed by atoms with Gasteiger partial charge in [0.05, 0.1) is 24.4 Å². The van der Waals surface area contributed by atoms with Crippen molar-refractivity contribution in [2.45, 2.75) is 52.2 Å². The highest BCUT2D eigenvalue weighted by Gasteiger charge is 2.31. The van der Waals surface area contributed by atoms with E-state index in [0.29, 0.717) is 6.04 Å². The average molecular weight is 238 g/mol. The van der Waals surface area contributed by atoms with Crippen molar-refractivity contribution in [2.24, 2.45) is 0 Å². The molecule has 4 nitrogen and oxygen atoms in total. The third kappa shape index (κ3) is 2.32. The minimum absolute atomic E-state index is 0.0531. The highest BCUT2D eigenvalue weighted by atomic mass is 16.5. The molecular weight excluding hydrogens is 216 g/mol. The molecule has 0 aromatic carbocycles. The molecule has 0 aliphatic carbocycles. The summed E-state index contributed by atoms with van der Waals surface area (Å²) in [7, 11) is 1.70. The van der Waals surface area contributed by atoms with Gasteiger partial charge in [0, 0.05) is 6.61 Å². The van der Waals surface area contributed by atoms with Gasteiger partial charge in [-0.15, -0.1) is 0 Å². The highest BCUT2D eigenvalue weighted by molar-refractivity contribution is 5.32. The second kappa shape index (κ2) is 4.33. The molecule has 1 unspecified atom stereocenters. The largest absolute Gasteiger partial charge is 0.493 e. The number of aryl methyl sites for hydroxylation is 1. The van der Waals surface area contributed by atoms with E-state index in [-0.39, 0.29) is 5.60 Å². The summed E-state index contributed by atoms with van der Waals surface area (Å²) in [6, 6.07) is 0.418. The average Bonchev–Trinajstić information content (AvgIpc) is 2.52. The van der Waals surface area contributed by atoms with E-state index in [1.165, 1.54) is 0 Å². The molecule has 2 rings (SSSR count). The minimum atomic E-state index is -0.0531. The van der Waals surface area contributed by atoms with Crippen LogP contribution in [0.15, 0.2) is 0 Å². The molecule has 0 amide bonds. The predicted molar refractivity (Wildman–Crippen MR) is 66.6 cm³/mol. The van der Waals surface area contributed by atoms with Crippen LogP contribution >= 0.6 is 0 Å². The summed E-state index contributed by atoms with van der Waals surface area (Å²) >= 11 is 0. The first-order valence-electron chi connectivity index (χ1n) is 6.18. The Morgan fingerprint density at radius 1 is 1.41 bits per heavy atom. The number of rotatable bonds is 2. The van der Waals surface area contributed by atoms with Crippen molar-refractivity contribution in [2.75, 3.05) is 13.7 Å². The lowest BCUT2D eigenvalue weighted by molar-refractivity contribution is -0.0711. The fraction of sp³-hybridized carbons (Fsp3) is 0.769. The summed E-state index contributed by atoms with van der Waals surface area (Å²) in [5.74, 6) is 0.911. The Balaban J connectivity index is 2.28. The molecule has 0 saturated carbocycles. The second-order valence-corrected chi connectivity index (χ2v) is 5.40. The second-order valence-electron chi connectivity index (χ2n) is 5.40. The van der Waals surface area contributed by atoms with Gasteiger partial charge in [-0.05, 0) is 40.5 Å². The van der Waals surface area contributed by atoms with Crippen LogP contribution in [-0.4, -0.2) is 29.1 Å². The Bertz CT molecular complexity index is 410. The molecule has 0 bridgehead atoms. The molecule has 1 aromatic heterocycles. The zero-order chi connectivity index (χ0) is 12.6. The van der Waals surface area contributed by atoms with Gasteiger partial charge in [-0.3, -0.25) is 4.68 Å². The number of hydrogen-bond acceptors (Lipinski definition) is 3. The number of hydrogen-bond donors (Lipinski definition) is 0. The summed E-state index contributed by atoms with van der Waals surface area (Å²) in [4.78, 5) is 0. The van der Waals surface area contributed by atoms with E-state index in [9.17, 15) is 0 Å². The van der Waals surface area contributed by atoms with Crippen LogP contribution in [0.25, 0.3) is 0 Å². The Morgan fingerprint density at radius 3 is 2.65 bits per heavy atom. The monoisotopic (exact) mass is 238 g/mol. The topological polar surface area (TPSA) is 36.3 Å². The van der Waals surface area contributed by atoms with Gasteiger partial charge in [-0.1, -0.05) is 0 Å². The van der Waals surface area contributed by atoms with Crippen LogP contribution in [-0.2, 0) is 4.74 Å². The van der Waals surface area contributed by atoms with E-state index in [0.717, 1.165) is 36.6 Å². The van der Waals surface area contributed by atoms with Crippen LogP contribution in [0.5, 0.6) is 5.75 Å². The molecule has 17 heavy (non-hydrogen) atoms. The van der Waals surface area contributed by atoms with Crippen LogP contribution in [0.1, 0.15) is 44.1 Å². The number of nitrogens with zero attached hydrogens (tertiary/aromatic N) is 2. The lowest BCUT2D eigenvalue weighted by Crippen LogP contribution is -2.35.